The lowest BCUT2D eigenvalue weighted by Crippen LogP contribution is -2.44. The fourth-order valence-corrected chi connectivity index (χ4v) is 2.45. The molecule has 4 N–H and O–H groups in total. The summed E-state index contributed by atoms with van der Waals surface area (Å²) in [6.07, 6.45) is -0.143. The molecule has 0 saturated carbocycles. The Morgan fingerprint density at radius 3 is 2.12 bits per heavy atom. The summed E-state index contributed by atoms with van der Waals surface area (Å²) in [6, 6.07) is 0. The molecule has 0 saturated heterocycles. The van der Waals surface area contributed by atoms with Gasteiger partial charge in [-0.05, 0) is 18.1 Å². The lowest BCUT2D eigenvalue weighted by molar-refractivity contribution is -0.137. The van der Waals surface area contributed by atoms with Crippen molar-refractivity contribution in [2.24, 2.45) is 0 Å². The lowest BCUT2D eigenvalue weighted by atomic mass is 10.2. The molecular weight excluding hydrogens is 330 g/mol. The molecule has 0 aliphatic heterocycles. The number of amides is 2. The second-order valence-corrected chi connectivity index (χ2v) is 11.9. The number of hydrogen-bond acceptors (Lipinski definition) is 5. The maximum Gasteiger partial charge on any atom is 0.305 e. The number of carbonyl (C=O) groups excluding carboxylic acids is 2. The van der Waals surface area contributed by atoms with Gasteiger partial charge in [0.15, 0.2) is 8.32 Å². The van der Waals surface area contributed by atoms with Gasteiger partial charge in [-0.2, -0.15) is 0 Å². The Hall–Kier alpha value is -1.45. The normalized spacial score (nSPS) is 11.9. The zero-order chi connectivity index (χ0) is 18.8. The van der Waals surface area contributed by atoms with Gasteiger partial charge in [-0.15, -0.1) is 0 Å². The minimum atomic E-state index is -1.77. The topological polar surface area (TPSA) is 117 Å². The van der Waals surface area contributed by atoms with E-state index < -0.39 is 20.2 Å². The zero-order valence-electron chi connectivity index (χ0n) is 15.3. The van der Waals surface area contributed by atoms with E-state index in [0.29, 0.717) is 13.2 Å². The summed E-state index contributed by atoms with van der Waals surface area (Å²) in [4.78, 5) is 33.2. The van der Waals surface area contributed by atoms with Gasteiger partial charge in [-0.25, -0.2) is 0 Å². The van der Waals surface area contributed by atoms with E-state index in [4.69, 9.17) is 9.53 Å². The number of hydrogen-bond donors (Lipinski definition) is 4. The van der Waals surface area contributed by atoms with E-state index in [1.807, 2.05) is 0 Å². The average Bonchev–Trinajstić information content (AvgIpc) is 2.43. The summed E-state index contributed by atoms with van der Waals surface area (Å²) in [7, 11) is -1.77. The highest BCUT2D eigenvalue weighted by molar-refractivity contribution is 6.74. The Bertz CT molecular complexity index is 435. The van der Waals surface area contributed by atoms with Gasteiger partial charge in [-0.3, -0.25) is 14.4 Å². The van der Waals surface area contributed by atoms with Crippen LogP contribution in [0.25, 0.3) is 0 Å². The van der Waals surface area contributed by atoms with Gasteiger partial charge in [-0.1, -0.05) is 20.8 Å². The molecule has 0 atom stereocenters. The highest BCUT2D eigenvalue weighted by Crippen LogP contribution is 2.36. The summed E-state index contributed by atoms with van der Waals surface area (Å²) in [5, 5.41) is 16.4. The van der Waals surface area contributed by atoms with Crippen molar-refractivity contribution in [3.63, 3.8) is 0 Å². The number of carboxylic acids is 1. The Balaban J connectivity index is 3.74. The molecule has 0 aliphatic rings. The molecule has 0 spiro atoms. The molecule has 0 aromatic carbocycles. The SMILES string of the molecule is CC(C)(C)[Si](C)(C)OCCNCC(=O)NCC(=O)NCCC(=O)O. The van der Waals surface area contributed by atoms with Crippen LogP contribution in [0.1, 0.15) is 27.2 Å². The molecule has 0 unspecified atom stereocenters. The second-order valence-electron chi connectivity index (χ2n) is 7.06. The van der Waals surface area contributed by atoms with E-state index >= 15 is 0 Å². The third kappa shape index (κ3) is 10.3. The third-order valence-electron chi connectivity index (χ3n) is 3.94. The van der Waals surface area contributed by atoms with Gasteiger partial charge in [0, 0.05) is 19.7 Å². The van der Waals surface area contributed by atoms with E-state index in [0.717, 1.165) is 0 Å². The molecule has 0 aliphatic carbocycles. The fourth-order valence-electron chi connectivity index (χ4n) is 1.41. The van der Waals surface area contributed by atoms with E-state index in [1.54, 1.807) is 0 Å². The predicted molar refractivity (Wildman–Crippen MR) is 94.3 cm³/mol. The van der Waals surface area contributed by atoms with Crippen LogP contribution in [0.2, 0.25) is 18.1 Å². The van der Waals surface area contributed by atoms with Crippen molar-refractivity contribution in [1.29, 1.82) is 0 Å². The van der Waals surface area contributed by atoms with Crippen molar-refractivity contribution in [3.8, 4) is 0 Å². The first-order chi connectivity index (χ1) is 11.0. The molecule has 9 heteroatoms. The highest BCUT2D eigenvalue weighted by Gasteiger charge is 2.36. The van der Waals surface area contributed by atoms with Crippen LogP contribution in [0, 0.1) is 0 Å². The van der Waals surface area contributed by atoms with Gasteiger partial charge < -0.3 is 25.5 Å². The first-order valence-electron chi connectivity index (χ1n) is 8.05. The first-order valence-corrected chi connectivity index (χ1v) is 11.0. The van der Waals surface area contributed by atoms with Crippen molar-refractivity contribution in [2.45, 2.75) is 45.3 Å². The number of nitrogens with one attached hydrogen (secondary N) is 3. The smallest absolute Gasteiger partial charge is 0.305 e. The van der Waals surface area contributed by atoms with Crippen molar-refractivity contribution in [3.05, 3.63) is 0 Å². The van der Waals surface area contributed by atoms with Crippen molar-refractivity contribution in [1.82, 2.24) is 16.0 Å². The largest absolute Gasteiger partial charge is 0.481 e. The summed E-state index contributed by atoms with van der Waals surface area (Å²) < 4.78 is 5.97. The number of carbonyl (C=O) groups is 3. The average molecular weight is 362 g/mol. The van der Waals surface area contributed by atoms with Crippen LogP contribution in [-0.4, -0.2) is 64.0 Å². The van der Waals surface area contributed by atoms with Crippen molar-refractivity contribution in [2.75, 3.05) is 32.8 Å². The lowest BCUT2D eigenvalue weighted by Gasteiger charge is -2.36. The predicted octanol–water partition coefficient (Wildman–Crippen LogP) is 0.305. The summed E-state index contributed by atoms with van der Waals surface area (Å²) >= 11 is 0. The monoisotopic (exact) mass is 361 g/mol. The van der Waals surface area contributed by atoms with Gasteiger partial charge >= 0.3 is 5.97 Å². The summed E-state index contributed by atoms with van der Waals surface area (Å²) in [5.41, 5.74) is 0. The molecule has 0 aromatic rings. The van der Waals surface area contributed by atoms with E-state index in [2.05, 4.69) is 49.8 Å². The van der Waals surface area contributed by atoms with Gasteiger partial charge in [0.25, 0.3) is 0 Å². The van der Waals surface area contributed by atoms with Crippen LogP contribution in [0.15, 0.2) is 0 Å². The quantitative estimate of drug-likeness (QED) is 0.311. The van der Waals surface area contributed by atoms with Crippen LogP contribution in [0.3, 0.4) is 0 Å². The summed E-state index contributed by atoms with van der Waals surface area (Å²) in [6.45, 7) is 11.9. The zero-order valence-corrected chi connectivity index (χ0v) is 16.3. The highest BCUT2D eigenvalue weighted by atomic mass is 28.4. The Kier molecular flexibility index (Phi) is 9.79. The van der Waals surface area contributed by atoms with E-state index in [-0.39, 0.29) is 37.0 Å². The molecule has 24 heavy (non-hydrogen) atoms. The molecule has 0 aromatic heterocycles. The molecule has 140 valence electrons. The molecular formula is C15H31N3O5Si. The van der Waals surface area contributed by atoms with Crippen LogP contribution >= 0.6 is 0 Å². The molecule has 0 rings (SSSR count). The van der Waals surface area contributed by atoms with Crippen molar-refractivity contribution >= 4 is 26.1 Å². The minimum absolute atomic E-state index is 0.0487. The van der Waals surface area contributed by atoms with Gasteiger partial charge in [0.1, 0.15) is 0 Å². The molecule has 8 nitrogen and oxygen atoms in total. The fraction of sp³-hybridized carbons (Fsp3) is 0.800. The van der Waals surface area contributed by atoms with Crippen LogP contribution < -0.4 is 16.0 Å². The standard InChI is InChI=1S/C15H31N3O5Si/c1-15(2,3)24(4,5)23-9-8-16-10-12(19)18-11-13(20)17-7-6-14(21)22/h16H,6-11H2,1-5H3,(H,17,20)(H,18,19)(H,21,22). The number of carboxylic acid groups (broad SMARTS) is 1. The maximum atomic E-state index is 11.6. The molecule has 0 bridgehead atoms. The Labute approximate surface area is 144 Å². The van der Waals surface area contributed by atoms with E-state index in [9.17, 15) is 14.4 Å². The molecule has 0 fully saturated rings. The maximum absolute atomic E-state index is 11.6. The van der Waals surface area contributed by atoms with Crippen molar-refractivity contribution < 1.29 is 23.9 Å². The molecule has 0 heterocycles. The third-order valence-corrected chi connectivity index (χ3v) is 8.48. The summed E-state index contributed by atoms with van der Waals surface area (Å²) in [5.74, 6) is -1.69. The first kappa shape index (κ1) is 22.5. The van der Waals surface area contributed by atoms with Gasteiger partial charge in [0.2, 0.25) is 11.8 Å². The van der Waals surface area contributed by atoms with Gasteiger partial charge in [0.05, 0.1) is 19.5 Å². The molecule has 2 amide bonds. The van der Waals surface area contributed by atoms with E-state index in [1.165, 1.54) is 0 Å². The van der Waals surface area contributed by atoms with Crippen LogP contribution in [-0.2, 0) is 18.8 Å². The van der Waals surface area contributed by atoms with Crippen LogP contribution in [0.5, 0.6) is 0 Å². The number of rotatable bonds is 11. The molecule has 0 radical (unpaired) electrons. The minimum Gasteiger partial charge on any atom is -0.481 e. The van der Waals surface area contributed by atoms with Crippen LogP contribution in [0.4, 0.5) is 0 Å². The Morgan fingerprint density at radius 1 is 1.00 bits per heavy atom. The second kappa shape index (κ2) is 10.4. The Morgan fingerprint density at radius 2 is 1.58 bits per heavy atom. The number of aliphatic carboxylic acids is 1.